The van der Waals surface area contributed by atoms with Crippen molar-refractivity contribution in [1.82, 2.24) is 0 Å². The fraction of sp³-hybridized carbons (Fsp3) is 0.235. The van der Waals surface area contributed by atoms with E-state index in [0.717, 1.165) is 11.3 Å². The molecule has 2 aromatic carbocycles. The summed E-state index contributed by atoms with van der Waals surface area (Å²) in [5.41, 5.74) is 2.36. The number of methoxy groups -OCH3 is 1. The van der Waals surface area contributed by atoms with E-state index in [1.165, 1.54) is 19.2 Å². The van der Waals surface area contributed by atoms with Crippen LogP contribution in [-0.2, 0) is 16.0 Å². The zero-order valence-corrected chi connectivity index (χ0v) is 12.3. The lowest BCUT2D eigenvalue weighted by Gasteiger charge is -2.18. The van der Waals surface area contributed by atoms with Gasteiger partial charge in [0.1, 0.15) is 5.82 Å². The average molecular weight is 303 g/mol. The third-order valence-corrected chi connectivity index (χ3v) is 3.31. The highest BCUT2D eigenvalue weighted by molar-refractivity contribution is 5.81. The fourth-order valence-electron chi connectivity index (χ4n) is 2.11. The third-order valence-electron chi connectivity index (χ3n) is 3.31. The van der Waals surface area contributed by atoms with E-state index >= 15 is 0 Å². The standard InChI is InChI=1S/C17H18FNO3/c1-22-17(21)16(13-4-6-14(18)7-5-13)19-15-8-2-12(3-9-15)10-11-20/h2-9,16,19-20H,10-11H2,1H3. The second kappa shape index (κ2) is 7.56. The lowest BCUT2D eigenvalue weighted by atomic mass is 10.1. The highest BCUT2D eigenvalue weighted by atomic mass is 19.1. The molecule has 1 unspecified atom stereocenters. The summed E-state index contributed by atoms with van der Waals surface area (Å²) in [6.07, 6.45) is 0.582. The van der Waals surface area contributed by atoms with Gasteiger partial charge in [-0.3, -0.25) is 0 Å². The molecule has 1 atom stereocenters. The molecule has 0 spiro atoms. The van der Waals surface area contributed by atoms with Gasteiger partial charge in [-0.2, -0.15) is 0 Å². The predicted molar refractivity (Wildman–Crippen MR) is 82.0 cm³/mol. The second-order valence-corrected chi connectivity index (χ2v) is 4.82. The summed E-state index contributed by atoms with van der Waals surface area (Å²) >= 11 is 0. The molecule has 0 radical (unpaired) electrons. The van der Waals surface area contributed by atoms with Crippen molar-refractivity contribution in [2.24, 2.45) is 0 Å². The van der Waals surface area contributed by atoms with Crippen LogP contribution in [0.5, 0.6) is 0 Å². The summed E-state index contributed by atoms with van der Waals surface area (Å²) in [5.74, 6) is -0.813. The highest BCUT2D eigenvalue weighted by Gasteiger charge is 2.21. The van der Waals surface area contributed by atoms with Crippen molar-refractivity contribution in [2.75, 3.05) is 19.0 Å². The van der Waals surface area contributed by atoms with Gasteiger partial charge >= 0.3 is 5.97 Å². The second-order valence-electron chi connectivity index (χ2n) is 4.82. The number of carbonyl (C=O) groups excluding carboxylic acids is 1. The number of esters is 1. The van der Waals surface area contributed by atoms with Crippen LogP contribution in [0.25, 0.3) is 0 Å². The van der Waals surface area contributed by atoms with Crippen molar-refractivity contribution in [3.8, 4) is 0 Å². The van der Waals surface area contributed by atoms with Crippen LogP contribution in [-0.4, -0.2) is 24.8 Å². The Labute approximate surface area is 128 Å². The molecule has 2 N–H and O–H groups in total. The molecule has 0 saturated carbocycles. The molecule has 2 rings (SSSR count). The minimum Gasteiger partial charge on any atom is -0.467 e. The molecule has 0 aliphatic carbocycles. The first-order valence-corrected chi connectivity index (χ1v) is 6.93. The number of carbonyl (C=O) groups is 1. The first-order valence-electron chi connectivity index (χ1n) is 6.93. The summed E-state index contributed by atoms with van der Waals surface area (Å²) in [5, 5.41) is 12.0. The lowest BCUT2D eigenvalue weighted by Crippen LogP contribution is -2.22. The molecule has 5 heteroatoms. The molecule has 0 bridgehead atoms. The van der Waals surface area contributed by atoms with Crippen LogP contribution < -0.4 is 5.32 Å². The van der Waals surface area contributed by atoms with Crippen molar-refractivity contribution < 1.29 is 19.0 Å². The van der Waals surface area contributed by atoms with Crippen LogP contribution in [0.2, 0.25) is 0 Å². The van der Waals surface area contributed by atoms with E-state index in [0.29, 0.717) is 12.0 Å². The van der Waals surface area contributed by atoms with Gasteiger partial charge in [0.25, 0.3) is 0 Å². The first-order chi connectivity index (χ1) is 10.6. The maximum absolute atomic E-state index is 13.0. The smallest absolute Gasteiger partial charge is 0.332 e. The summed E-state index contributed by atoms with van der Waals surface area (Å²) < 4.78 is 17.8. The van der Waals surface area contributed by atoms with E-state index < -0.39 is 12.0 Å². The zero-order valence-electron chi connectivity index (χ0n) is 12.3. The molecule has 0 aliphatic heterocycles. The van der Waals surface area contributed by atoms with E-state index in [2.05, 4.69) is 5.32 Å². The maximum atomic E-state index is 13.0. The summed E-state index contributed by atoms with van der Waals surface area (Å²) in [4.78, 5) is 12.0. The van der Waals surface area contributed by atoms with Gasteiger partial charge in [0, 0.05) is 12.3 Å². The minimum atomic E-state index is -0.714. The largest absolute Gasteiger partial charge is 0.467 e. The van der Waals surface area contributed by atoms with Gasteiger partial charge in [-0.05, 0) is 41.8 Å². The summed E-state index contributed by atoms with van der Waals surface area (Å²) in [7, 11) is 1.31. The van der Waals surface area contributed by atoms with Crippen molar-refractivity contribution >= 4 is 11.7 Å². The van der Waals surface area contributed by atoms with Crippen LogP contribution in [0, 0.1) is 5.82 Å². The molecule has 0 heterocycles. The third kappa shape index (κ3) is 4.05. The number of anilines is 1. The van der Waals surface area contributed by atoms with Crippen molar-refractivity contribution in [3.05, 3.63) is 65.5 Å². The molecule has 0 fully saturated rings. The number of nitrogens with one attached hydrogen (secondary N) is 1. The molecule has 2 aromatic rings. The normalized spacial score (nSPS) is 11.8. The van der Waals surface area contributed by atoms with Gasteiger partial charge in [0.15, 0.2) is 6.04 Å². The Kier molecular flexibility index (Phi) is 5.49. The quantitative estimate of drug-likeness (QED) is 0.806. The predicted octanol–water partition coefficient (Wildman–Crippen LogP) is 2.69. The number of rotatable bonds is 6. The van der Waals surface area contributed by atoms with E-state index in [4.69, 9.17) is 9.84 Å². The van der Waals surface area contributed by atoms with Gasteiger partial charge in [0.2, 0.25) is 0 Å². The van der Waals surface area contributed by atoms with Crippen molar-refractivity contribution in [1.29, 1.82) is 0 Å². The Morgan fingerprint density at radius 2 is 1.82 bits per heavy atom. The molecule has 0 amide bonds. The van der Waals surface area contributed by atoms with Gasteiger partial charge in [-0.1, -0.05) is 24.3 Å². The van der Waals surface area contributed by atoms with Gasteiger partial charge in [0.05, 0.1) is 7.11 Å². The molecule has 0 aliphatic rings. The van der Waals surface area contributed by atoms with E-state index in [9.17, 15) is 9.18 Å². The molecule has 116 valence electrons. The van der Waals surface area contributed by atoms with Gasteiger partial charge < -0.3 is 15.2 Å². The molecular formula is C17H18FNO3. The molecule has 0 aromatic heterocycles. The number of hydrogen-bond acceptors (Lipinski definition) is 4. The molecule has 22 heavy (non-hydrogen) atoms. The average Bonchev–Trinajstić information content (AvgIpc) is 2.55. The fourth-order valence-corrected chi connectivity index (χ4v) is 2.11. The molecule has 4 nitrogen and oxygen atoms in total. The SMILES string of the molecule is COC(=O)C(Nc1ccc(CCO)cc1)c1ccc(F)cc1. The van der Waals surface area contributed by atoms with Crippen LogP contribution >= 0.6 is 0 Å². The first kappa shape index (κ1) is 16.0. The van der Waals surface area contributed by atoms with Gasteiger partial charge in [-0.15, -0.1) is 0 Å². The van der Waals surface area contributed by atoms with Crippen LogP contribution in [0.15, 0.2) is 48.5 Å². The Morgan fingerprint density at radius 1 is 1.18 bits per heavy atom. The zero-order chi connectivity index (χ0) is 15.9. The molecular weight excluding hydrogens is 285 g/mol. The number of aliphatic hydroxyl groups is 1. The maximum Gasteiger partial charge on any atom is 0.332 e. The minimum absolute atomic E-state index is 0.0904. The summed E-state index contributed by atoms with van der Waals surface area (Å²) in [6.45, 7) is 0.0904. The monoisotopic (exact) mass is 303 g/mol. The molecule has 0 saturated heterocycles. The number of benzene rings is 2. The highest BCUT2D eigenvalue weighted by Crippen LogP contribution is 2.22. The van der Waals surface area contributed by atoms with Crippen molar-refractivity contribution in [2.45, 2.75) is 12.5 Å². The Balaban J connectivity index is 2.19. The number of hydrogen-bond donors (Lipinski definition) is 2. The van der Waals surface area contributed by atoms with E-state index in [-0.39, 0.29) is 12.4 Å². The number of halogens is 1. The van der Waals surface area contributed by atoms with E-state index in [1.807, 2.05) is 24.3 Å². The Hall–Kier alpha value is -2.40. The van der Waals surface area contributed by atoms with Crippen LogP contribution in [0.3, 0.4) is 0 Å². The topological polar surface area (TPSA) is 58.6 Å². The summed E-state index contributed by atoms with van der Waals surface area (Å²) in [6, 6.07) is 12.4. The lowest BCUT2D eigenvalue weighted by molar-refractivity contribution is -0.141. The number of aliphatic hydroxyl groups excluding tert-OH is 1. The Bertz CT molecular complexity index is 611. The Morgan fingerprint density at radius 3 is 2.36 bits per heavy atom. The van der Waals surface area contributed by atoms with Crippen molar-refractivity contribution in [3.63, 3.8) is 0 Å². The van der Waals surface area contributed by atoms with Crippen LogP contribution in [0.4, 0.5) is 10.1 Å². The van der Waals surface area contributed by atoms with Gasteiger partial charge in [-0.25, -0.2) is 9.18 Å². The van der Waals surface area contributed by atoms with Crippen LogP contribution in [0.1, 0.15) is 17.2 Å². The van der Waals surface area contributed by atoms with E-state index in [1.54, 1.807) is 12.1 Å². The number of ether oxygens (including phenoxy) is 1.